The van der Waals surface area contributed by atoms with Gasteiger partial charge in [-0.3, -0.25) is 14.9 Å². The number of hydrogen-bond acceptors (Lipinski definition) is 5. The van der Waals surface area contributed by atoms with Gasteiger partial charge < -0.3 is 5.32 Å². The van der Waals surface area contributed by atoms with Crippen LogP contribution >= 0.6 is 22.9 Å². The maximum atomic E-state index is 12.0. The molecule has 1 amide bonds. The molecule has 1 N–H and O–H groups in total. The number of hydrogen-bond donors (Lipinski definition) is 1. The van der Waals surface area contributed by atoms with E-state index in [1.807, 2.05) is 13.8 Å². The third-order valence-electron chi connectivity index (χ3n) is 3.33. The van der Waals surface area contributed by atoms with Crippen LogP contribution < -0.4 is 5.32 Å². The summed E-state index contributed by atoms with van der Waals surface area (Å²) < 4.78 is 0. The van der Waals surface area contributed by atoms with Crippen LogP contribution in [0.3, 0.4) is 0 Å². The molecule has 0 radical (unpaired) electrons. The molecule has 0 unspecified atom stereocenters. The molecule has 1 heterocycles. The third-order valence-corrected chi connectivity index (χ3v) is 4.77. The van der Waals surface area contributed by atoms with E-state index >= 15 is 0 Å². The van der Waals surface area contributed by atoms with Gasteiger partial charge in [-0.15, -0.1) is 11.3 Å². The lowest BCUT2D eigenvalue weighted by Gasteiger charge is -2.00. The van der Waals surface area contributed by atoms with Gasteiger partial charge in [0, 0.05) is 17.0 Å². The highest BCUT2D eigenvalue weighted by atomic mass is 35.5. The number of benzene rings is 1. The molecule has 0 spiro atoms. The van der Waals surface area contributed by atoms with Gasteiger partial charge in [0.2, 0.25) is 5.91 Å². The second-order valence-corrected chi connectivity index (χ2v) is 6.52. The number of nitrogens with one attached hydrogen (secondary N) is 1. The number of amides is 1. The lowest BCUT2D eigenvalue weighted by molar-refractivity contribution is -0.384. The summed E-state index contributed by atoms with van der Waals surface area (Å²) >= 11 is 7.07. The monoisotopic (exact) mass is 361 g/mol. The fourth-order valence-electron chi connectivity index (χ4n) is 1.95. The van der Waals surface area contributed by atoms with E-state index in [9.17, 15) is 14.9 Å². The molecule has 2 rings (SSSR count). The number of aryl methyl sites for hydroxylation is 1. The average molecular weight is 362 g/mol. The molecule has 122 valence electrons. The lowest BCUT2D eigenvalue weighted by Crippen LogP contribution is -2.07. The first kappa shape index (κ1) is 17.7. The Morgan fingerprint density at radius 1 is 1.46 bits per heavy atom. The quantitative estimate of drug-likeness (QED) is 0.494. The van der Waals surface area contributed by atoms with Gasteiger partial charge in [0.1, 0.15) is 16.1 Å². The molecule has 8 heteroatoms. The van der Waals surface area contributed by atoms with Crippen molar-refractivity contribution in [1.82, 2.24) is 0 Å². The van der Waals surface area contributed by atoms with E-state index in [-0.39, 0.29) is 10.7 Å². The molecule has 0 aliphatic heterocycles. The summed E-state index contributed by atoms with van der Waals surface area (Å²) in [5.41, 5.74) is 1.53. The number of nitro groups is 1. The second kappa shape index (κ2) is 7.25. The SMILES string of the molecule is Cc1sc(NC(=O)/C=C/c2ccc(Cl)c([N+](=O)[O-])c2)c(C#N)c1C. The van der Waals surface area contributed by atoms with Gasteiger partial charge in [-0.25, -0.2) is 0 Å². The van der Waals surface area contributed by atoms with Crippen LogP contribution in [0.5, 0.6) is 0 Å². The molecule has 1 aromatic heterocycles. The Kier molecular flexibility index (Phi) is 5.34. The maximum absolute atomic E-state index is 12.0. The molecule has 6 nitrogen and oxygen atoms in total. The van der Waals surface area contributed by atoms with Crippen molar-refractivity contribution in [2.75, 3.05) is 5.32 Å². The Morgan fingerprint density at radius 3 is 2.79 bits per heavy atom. The fourth-order valence-corrected chi connectivity index (χ4v) is 3.15. The lowest BCUT2D eigenvalue weighted by atomic mass is 10.2. The highest BCUT2D eigenvalue weighted by Crippen LogP contribution is 2.31. The van der Waals surface area contributed by atoms with E-state index < -0.39 is 10.8 Å². The van der Waals surface area contributed by atoms with Crippen LogP contribution in [0.1, 0.15) is 21.6 Å². The molecule has 0 bridgehead atoms. The van der Waals surface area contributed by atoms with Crippen LogP contribution in [0.15, 0.2) is 24.3 Å². The molecule has 2 aromatic rings. The number of halogens is 1. The Morgan fingerprint density at radius 2 is 2.17 bits per heavy atom. The Bertz CT molecular complexity index is 897. The minimum atomic E-state index is -0.587. The van der Waals surface area contributed by atoms with Crippen molar-refractivity contribution in [3.8, 4) is 6.07 Å². The second-order valence-electron chi connectivity index (χ2n) is 4.89. The molecular weight excluding hydrogens is 350 g/mol. The summed E-state index contributed by atoms with van der Waals surface area (Å²) in [5.74, 6) is -0.426. The molecule has 0 saturated carbocycles. The number of nitriles is 1. The van der Waals surface area contributed by atoms with E-state index in [0.717, 1.165) is 10.4 Å². The number of carbonyl (C=O) groups is 1. The van der Waals surface area contributed by atoms with Crippen LogP contribution in [0.2, 0.25) is 5.02 Å². The average Bonchev–Trinajstić information content (AvgIpc) is 2.80. The Hall–Kier alpha value is -2.69. The largest absolute Gasteiger partial charge is 0.313 e. The Balaban J connectivity index is 2.17. The summed E-state index contributed by atoms with van der Waals surface area (Å²) in [4.78, 5) is 23.2. The number of nitro benzene ring substituents is 1. The number of rotatable bonds is 4. The fraction of sp³-hybridized carbons (Fsp3) is 0.125. The molecule has 0 aliphatic carbocycles. The molecule has 1 aromatic carbocycles. The summed E-state index contributed by atoms with van der Waals surface area (Å²) in [7, 11) is 0. The van der Waals surface area contributed by atoms with Crippen molar-refractivity contribution >= 4 is 45.6 Å². The van der Waals surface area contributed by atoms with Crippen LogP contribution in [-0.4, -0.2) is 10.8 Å². The van der Waals surface area contributed by atoms with Gasteiger partial charge in [-0.2, -0.15) is 5.26 Å². The van der Waals surface area contributed by atoms with Gasteiger partial charge in [0.15, 0.2) is 0 Å². The smallest absolute Gasteiger partial charge is 0.288 e. The third kappa shape index (κ3) is 3.79. The predicted molar refractivity (Wildman–Crippen MR) is 94.3 cm³/mol. The molecule has 0 saturated heterocycles. The first-order valence-corrected chi connectivity index (χ1v) is 7.96. The summed E-state index contributed by atoms with van der Waals surface area (Å²) in [6.45, 7) is 3.70. The van der Waals surface area contributed by atoms with E-state index in [2.05, 4.69) is 11.4 Å². The van der Waals surface area contributed by atoms with E-state index in [1.165, 1.54) is 35.6 Å². The van der Waals surface area contributed by atoms with Gasteiger partial charge in [-0.05, 0) is 37.1 Å². The number of anilines is 1. The standard InChI is InChI=1S/C16H12ClN3O3S/c1-9-10(2)24-16(12(9)8-18)19-15(21)6-4-11-3-5-13(17)14(7-11)20(22)23/h3-7H,1-2H3,(H,19,21)/b6-4+. The molecular formula is C16H12ClN3O3S. The topological polar surface area (TPSA) is 96.0 Å². The zero-order valence-corrected chi connectivity index (χ0v) is 14.4. The van der Waals surface area contributed by atoms with Crippen molar-refractivity contribution in [2.24, 2.45) is 0 Å². The molecule has 0 fully saturated rings. The molecule has 0 aliphatic rings. The summed E-state index contributed by atoms with van der Waals surface area (Å²) in [6.07, 6.45) is 2.69. The van der Waals surface area contributed by atoms with Crippen molar-refractivity contribution in [3.63, 3.8) is 0 Å². The summed E-state index contributed by atoms with van der Waals surface area (Å²) in [5, 5.41) is 23.2. The first-order valence-electron chi connectivity index (χ1n) is 6.76. The minimum absolute atomic E-state index is 0.0322. The van der Waals surface area contributed by atoms with Crippen LogP contribution in [-0.2, 0) is 4.79 Å². The molecule has 24 heavy (non-hydrogen) atoms. The highest BCUT2D eigenvalue weighted by Gasteiger charge is 2.14. The van der Waals surface area contributed by atoms with Crippen molar-refractivity contribution < 1.29 is 9.72 Å². The van der Waals surface area contributed by atoms with Crippen molar-refractivity contribution in [3.05, 3.63) is 61.0 Å². The van der Waals surface area contributed by atoms with E-state index in [0.29, 0.717) is 16.1 Å². The van der Waals surface area contributed by atoms with Gasteiger partial charge in [0.25, 0.3) is 5.69 Å². The van der Waals surface area contributed by atoms with E-state index in [1.54, 1.807) is 6.07 Å². The van der Waals surface area contributed by atoms with Gasteiger partial charge in [-0.1, -0.05) is 17.7 Å². The predicted octanol–water partition coefficient (Wildman–Crippen LogP) is 4.45. The highest BCUT2D eigenvalue weighted by molar-refractivity contribution is 7.16. The van der Waals surface area contributed by atoms with Crippen molar-refractivity contribution in [1.29, 1.82) is 5.26 Å². The van der Waals surface area contributed by atoms with Gasteiger partial charge >= 0.3 is 0 Å². The number of thiophene rings is 1. The summed E-state index contributed by atoms with van der Waals surface area (Å²) in [6, 6.07) is 6.32. The molecule has 0 atom stereocenters. The van der Waals surface area contributed by atoms with Crippen LogP contribution in [0.25, 0.3) is 6.08 Å². The number of nitrogens with zero attached hydrogens (tertiary/aromatic N) is 2. The van der Waals surface area contributed by atoms with E-state index in [4.69, 9.17) is 16.9 Å². The van der Waals surface area contributed by atoms with Crippen molar-refractivity contribution in [2.45, 2.75) is 13.8 Å². The zero-order valence-electron chi connectivity index (χ0n) is 12.8. The maximum Gasteiger partial charge on any atom is 0.288 e. The van der Waals surface area contributed by atoms with Crippen LogP contribution in [0, 0.1) is 35.3 Å². The number of carbonyl (C=O) groups excluding carboxylic acids is 1. The van der Waals surface area contributed by atoms with Crippen LogP contribution in [0.4, 0.5) is 10.7 Å². The van der Waals surface area contributed by atoms with Gasteiger partial charge in [0.05, 0.1) is 10.5 Å². The Labute approximate surface area is 147 Å². The normalized spacial score (nSPS) is 10.6. The minimum Gasteiger partial charge on any atom is -0.313 e. The first-order chi connectivity index (χ1) is 11.3. The zero-order chi connectivity index (χ0) is 17.9.